The molecule has 3 aromatic carbocycles. The molecule has 0 aliphatic rings. The maximum atomic E-state index is 11.3. The predicted octanol–water partition coefficient (Wildman–Crippen LogP) is 3.05. The lowest BCUT2D eigenvalue weighted by atomic mass is 10.2. The van der Waals surface area contributed by atoms with E-state index in [2.05, 4.69) is 4.74 Å². The lowest BCUT2D eigenvalue weighted by molar-refractivity contribution is 0.00932. The maximum absolute atomic E-state index is 11.3. The van der Waals surface area contributed by atoms with Crippen LogP contribution in [0.15, 0.2) is 91.0 Å². The van der Waals surface area contributed by atoms with Crippen molar-refractivity contribution in [3.05, 3.63) is 108 Å². The predicted molar refractivity (Wildman–Crippen MR) is 121 cm³/mol. The van der Waals surface area contributed by atoms with Crippen LogP contribution in [0.5, 0.6) is 0 Å². The lowest BCUT2D eigenvalue weighted by Gasteiger charge is -2.07. The second-order valence-corrected chi connectivity index (χ2v) is 6.33. The van der Waals surface area contributed by atoms with Crippen LogP contribution < -0.4 is 0 Å². The van der Waals surface area contributed by atoms with E-state index in [-0.39, 0.29) is 12.6 Å². The van der Waals surface area contributed by atoms with Gasteiger partial charge in [0.25, 0.3) is 0 Å². The van der Waals surface area contributed by atoms with E-state index in [0.29, 0.717) is 16.7 Å². The summed E-state index contributed by atoms with van der Waals surface area (Å²) in [5, 5.41) is 25.8. The first-order valence-electron chi connectivity index (χ1n) is 9.81. The van der Waals surface area contributed by atoms with Crippen molar-refractivity contribution < 1.29 is 39.2 Å². The van der Waals surface area contributed by atoms with Gasteiger partial charge in [0, 0.05) is 0 Å². The number of aromatic carboxylic acids is 1. The summed E-state index contributed by atoms with van der Waals surface area (Å²) in [4.78, 5) is 32.2. The summed E-state index contributed by atoms with van der Waals surface area (Å²) in [7, 11) is 1.37. The second kappa shape index (κ2) is 15.7. The highest BCUT2D eigenvalue weighted by Crippen LogP contribution is 2.01. The van der Waals surface area contributed by atoms with Crippen molar-refractivity contribution in [3.63, 3.8) is 0 Å². The molecule has 0 heterocycles. The van der Waals surface area contributed by atoms with Gasteiger partial charge in [-0.15, -0.1) is 0 Å². The van der Waals surface area contributed by atoms with Gasteiger partial charge in [0.2, 0.25) is 0 Å². The molecule has 174 valence electrons. The molecule has 1 atom stereocenters. The van der Waals surface area contributed by atoms with Crippen LogP contribution in [0.1, 0.15) is 31.1 Å². The standard InChI is InChI=1S/C10H12O4.C8H8O2.C7H6O2/c11-6-9(12)7-14-10(13)8-4-2-1-3-5-8;1-10-8(9)7-5-3-2-4-6-7;8-7(9)6-4-2-1-3-5-6/h1-5,9,11-12H,6-7H2;2-6H,1H3;1-5H,(H,8,9). The minimum atomic E-state index is -1.01. The van der Waals surface area contributed by atoms with E-state index in [1.54, 1.807) is 84.9 Å². The highest BCUT2D eigenvalue weighted by atomic mass is 16.5. The van der Waals surface area contributed by atoms with Gasteiger partial charge in [0.05, 0.1) is 30.4 Å². The highest BCUT2D eigenvalue weighted by molar-refractivity contribution is 5.89. The Morgan fingerprint density at radius 2 is 1.12 bits per heavy atom. The Kier molecular flexibility index (Phi) is 12.9. The Morgan fingerprint density at radius 1 is 0.727 bits per heavy atom. The Labute approximate surface area is 191 Å². The number of esters is 2. The molecule has 0 aliphatic heterocycles. The number of rotatable bonds is 6. The van der Waals surface area contributed by atoms with E-state index < -0.39 is 24.6 Å². The monoisotopic (exact) mass is 454 g/mol. The number of carbonyl (C=O) groups excluding carboxylic acids is 2. The van der Waals surface area contributed by atoms with E-state index in [0.717, 1.165) is 0 Å². The molecule has 0 fully saturated rings. The van der Waals surface area contributed by atoms with E-state index in [4.69, 9.17) is 20.1 Å². The molecule has 0 saturated carbocycles. The zero-order valence-corrected chi connectivity index (χ0v) is 18.0. The summed E-state index contributed by atoms with van der Waals surface area (Å²) >= 11 is 0. The number of methoxy groups -OCH3 is 1. The normalized spacial score (nSPS) is 10.3. The van der Waals surface area contributed by atoms with Crippen molar-refractivity contribution in [2.24, 2.45) is 0 Å². The first-order chi connectivity index (χ1) is 15.9. The minimum Gasteiger partial charge on any atom is -0.478 e. The topological polar surface area (TPSA) is 130 Å². The number of carboxylic acids is 1. The van der Waals surface area contributed by atoms with Crippen LogP contribution in [-0.2, 0) is 9.47 Å². The summed E-state index contributed by atoms with van der Waals surface area (Å²) < 4.78 is 9.23. The van der Waals surface area contributed by atoms with Crippen LogP contribution in [0.4, 0.5) is 0 Å². The largest absolute Gasteiger partial charge is 0.478 e. The van der Waals surface area contributed by atoms with Crippen LogP contribution >= 0.6 is 0 Å². The fourth-order valence-electron chi connectivity index (χ4n) is 2.15. The summed E-state index contributed by atoms with van der Waals surface area (Å²) in [5.41, 5.74) is 1.35. The Morgan fingerprint density at radius 3 is 1.45 bits per heavy atom. The van der Waals surface area contributed by atoms with E-state index in [9.17, 15) is 14.4 Å². The molecule has 3 rings (SSSR count). The van der Waals surface area contributed by atoms with Gasteiger partial charge in [-0.1, -0.05) is 54.6 Å². The van der Waals surface area contributed by atoms with Crippen molar-refractivity contribution in [1.82, 2.24) is 0 Å². The molecule has 0 aliphatic carbocycles. The number of carbonyl (C=O) groups is 3. The van der Waals surface area contributed by atoms with Gasteiger partial charge in [0.15, 0.2) is 0 Å². The van der Waals surface area contributed by atoms with Gasteiger partial charge in [-0.3, -0.25) is 0 Å². The number of ether oxygens (including phenoxy) is 2. The maximum Gasteiger partial charge on any atom is 0.338 e. The van der Waals surface area contributed by atoms with Gasteiger partial charge in [-0.2, -0.15) is 0 Å². The summed E-state index contributed by atoms with van der Waals surface area (Å²) in [5.74, 6) is -1.67. The highest BCUT2D eigenvalue weighted by Gasteiger charge is 2.09. The molecular weight excluding hydrogens is 428 g/mol. The van der Waals surface area contributed by atoms with Gasteiger partial charge in [-0.25, -0.2) is 14.4 Å². The number of aliphatic hydroxyl groups excluding tert-OH is 2. The van der Waals surface area contributed by atoms with E-state index in [1.807, 2.05) is 6.07 Å². The van der Waals surface area contributed by atoms with Gasteiger partial charge in [0.1, 0.15) is 12.7 Å². The molecule has 0 aromatic heterocycles. The molecule has 8 nitrogen and oxygen atoms in total. The average Bonchev–Trinajstić information content (AvgIpc) is 2.88. The molecule has 33 heavy (non-hydrogen) atoms. The van der Waals surface area contributed by atoms with Crippen molar-refractivity contribution in [3.8, 4) is 0 Å². The molecular formula is C25H26O8. The van der Waals surface area contributed by atoms with Crippen LogP contribution in [-0.4, -0.2) is 59.7 Å². The number of carboxylic acid groups (broad SMARTS) is 1. The Balaban J connectivity index is 0.000000255. The third-order valence-electron chi connectivity index (χ3n) is 3.84. The molecule has 0 bridgehead atoms. The summed E-state index contributed by atoms with van der Waals surface area (Å²) in [6.45, 7) is -0.605. The van der Waals surface area contributed by atoms with Crippen LogP contribution in [0.25, 0.3) is 0 Å². The van der Waals surface area contributed by atoms with Crippen LogP contribution in [0.3, 0.4) is 0 Å². The molecule has 1 unspecified atom stereocenters. The van der Waals surface area contributed by atoms with Gasteiger partial charge in [-0.05, 0) is 36.4 Å². The second-order valence-electron chi connectivity index (χ2n) is 6.33. The summed E-state index contributed by atoms with van der Waals surface area (Å²) in [6, 6.07) is 25.6. The van der Waals surface area contributed by atoms with Crippen LogP contribution in [0, 0.1) is 0 Å². The van der Waals surface area contributed by atoms with Gasteiger partial charge < -0.3 is 24.8 Å². The lowest BCUT2D eigenvalue weighted by Crippen LogP contribution is -2.21. The van der Waals surface area contributed by atoms with Crippen molar-refractivity contribution in [1.29, 1.82) is 0 Å². The fraction of sp³-hybridized carbons (Fsp3) is 0.160. The Bertz CT molecular complexity index is 959. The first kappa shape index (κ1) is 27.0. The third kappa shape index (κ3) is 11.3. The number of aliphatic hydroxyl groups is 2. The molecule has 0 spiro atoms. The molecule has 3 N–H and O–H groups in total. The smallest absolute Gasteiger partial charge is 0.338 e. The third-order valence-corrected chi connectivity index (χ3v) is 3.84. The van der Waals surface area contributed by atoms with Crippen LogP contribution in [0.2, 0.25) is 0 Å². The molecule has 0 amide bonds. The zero-order valence-electron chi connectivity index (χ0n) is 18.0. The van der Waals surface area contributed by atoms with E-state index >= 15 is 0 Å². The average molecular weight is 454 g/mol. The number of hydrogen-bond donors (Lipinski definition) is 3. The summed E-state index contributed by atoms with van der Waals surface area (Å²) in [6.07, 6.45) is -1.01. The zero-order chi connectivity index (χ0) is 24.5. The number of hydrogen-bond acceptors (Lipinski definition) is 7. The molecule has 0 saturated heterocycles. The Hall–Kier alpha value is -4.01. The molecule has 3 aromatic rings. The fourth-order valence-corrected chi connectivity index (χ4v) is 2.15. The number of benzene rings is 3. The van der Waals surface area contributed by atoms with Gasteiger partial charge >= 0.3 is 17.9 Å². The van der Waals surface area contributed by atoms with E-state index in [1.165, 1.54) is 7.11 Å². The van der Waals surface area contributed by atoms with Crippen molar-refractivity contribution in [2.75, 3.05) is 20.3 Å². The quantitative estimate of drug-likeness (QED) is 0.485. The first-order valence-corrected chi connectivity index (χ1v) is 9.81. The molecule has 8 heteroatoms. The SMILES string of the molecule is COC(=O)c1ccccc1.O=C(O)c1ccccc1.O=C(OCC(O)CO)c1ccccc1. The molecule has 0 radical (unpaired) electrons. The van der Waals surface area contributed by atoms with Crippen molar-refractivity contribution >= 4 is 17.9 Å². The van der Waals surface area contributed by atoms with Crippen molar-refractivity contribution in [2.45, 2.75) is 6.10 Å². The minimum absolute atomic E-state index is 0.190.